The van der Waals surface area contributed by atoms with Crippen LogP contribution in [0.3, 0.4) is 0 Å². The van der Waals surface area contributed by atoms with Gasteiger partial charge in [-0.1, -0.05) is 24.3 Å². The average molecular weight is 596 g/mol. The molecule has 2 amide bonds. The number of amides is 2. The summed E-state index contributed by atoms with van der Waals surface area (Å²) < 4.78 is 66.6. The third-order valence-corrected chi connectivity index (χ3v) is 6.69. The Hall–Kier alpha value is -5.20. The first kappa shape index (κ1) is 29.3. The van der Waals surface area contributed by atoms with E-state index in [0.29, 0.717) is 16.9 Å². The molecule has 5 rings (SSSR count). The third-order valence-electron chi connectivity index (χ3n) is 6.69. The van der Waals surface area contributed by atoms with Crippen molar-refractivity contribution in [2.24, 2.45) is 0 Å². The molecule has 1 aliphatic rings. The first-order chi connectivity index (χ1) is 20.5. The zero-order valence-electron chi connectivity index (χ0n) is 22.2. The molecule has 4 aromatic rings. The molecule has 0 radical (unpaired) electrons. The number of Topliss-reactive ketones (excluding diaryl/α,β-unsaturated/α-hetero) is 1. The fourth-order valence-corrected chi connectivity index (χ4v) is 4.62. The lowest BCUT2D eigenvalue weighted by molar-refractivity contribution is -0.186. The standard InChI is InChI=1S/C30H22F5N5O3/c31-23-5-2-6-24(32)26(23)27(42)37-20-4-1-3-18(13-20)25(41)15-22-9-11-36-29(39-22)38-21-8-7-17-10-12-40(16-19(17)14-21)28(43)30(33,34)35/h1-9,11,13-14H,10,12,15-16H2,(H,37,42)(H,36,38,39). The number of benzene rings is 3. The number of hydrogen-bond donors (Lipinski definition) is 2. The van der Waals surface area contributed by atoms with E-state index in [0.717, 1.165) is 28.7 Å². The SMILES string of the molecule is O=C(Cc1ccnc(Nc2ccc3c(c2)CN(C(=O)C(F)(F)F)CC3)n1)c1cccc(NC(=O)c2c(F)cccc2F)c1. The number of ketones is 1. The molecule has 0 atom stereocenters. The second-order valence-electron chi connectivity index (χ2n) is 9.69. The molecular weight excluding hydrogens is 573 g/mol. The van der Waals surface area contributed by atoms with Crippen LogP contribution >= 0.6 is 0 Å². The fraction of sp³-hybridized carbons (Fsp3) is 0.167. The van der Waals surface area contributed by atoms with Gasteiger partial charge >= 0.3 is 12.1 Å². The predicted octanol–water partition coefficient (Wildman–Crippen LogP) is 5.62. The molecule has 8 nitrogen and oxygen atoms in total. The summed E-state index contributed by atoms with van der Waals surface area (Å²) >= 11 is 0. The minimum absolute atomic E-state index is 0.0310. The summed E-state index contributed by atoms with van der Waals surface area (Å²) in [6.45, 7) is -0.218. The average Bonchev–Trinajstić information content (AvgIpc) is 2.96. The lowest BCUT2D eigenvalue weighted by Gasteiger charge is -2.29. The summed E-state index contributed by atoms with van der Waals surface area (Å²) in [7, 11) is 0. The Balaban J connectivity index is 1.25. The van der Waals surface area contributed by atoms with E-state index < -0.39 is 35.2 Å². The zero-order chi connectivity index (χ0) is 30.7. The predicted molar refractivity (Wildman–Crippen MR) is 146 cm³/mol. The molecule has 43 heavy (non-hydrogen) atoms. The van der Waals surface area contributed by atoms with Crippen molar-refractivity contribution in [3.63, 3.8) is 0 Å². The van der Waals surface area contributed by atoms with Crippen LogP contribution in [0, 0.1) is 11.6 Å². The monoisotopic (exact) mass is 595 g/mol. The van der Waals surface area contributed by atoms with Crippen molar-refractivity contribution >= 4 is 34.9 Å². The zero-order valence-corrected chi connectivity index (χ0v) is 22.2. The highest BCUT2D eigenvalue weighted by atomic mass is 19.4. The van der Waals surface area contributed by atoms with E-state index in [9.17, 15) is 36.3 Å². The number of carbonyl (C=O) groups excluding carboxylic acids is 3. The number of halogens is 5. The van der Waals surface area contributed by atoms with Crippen LogP contribution in [0.15, 0.2) is 72.9 Å². The maximum absolute atomic E-state index is 14.0. The van der Waals surface area contributed by atoms with Crippen molar-refractivity contribution in [1.82, 2.24) is 14.9 Å². The van der Waals surface area contributed by atoms with Gasteiger partial charge in [-0.3, -0.25) is 14.4 Å². The summed E-state index contributed by atoms with van der Waals surface area (Å²) in [5.41, 5.74) is 1.85. The van der Waals surface area contributed by atoms with E-state index in [-0.39, 0.29) is 48.9 Å². The Kier molecular flexibility index (Phi) is 8.15. The van der Waals surface area contributed by atoms with E-state index >= 15 is 0 Å². The van der Waals surface area contributed by atoms with Gasteiger partial charge in [0, 0.05) is 36.2 Å². The van der Waals surface area contributed by atoms with Crippen LogP contribution in [-0.2, 0) is 24.2 Å². The molecule has 0 fully saturated rings. The van der Waals surface area contributed by atoms with Crippen molar-refractivity contribution in [3.8, 4) is 0 Å². The van der Waals surface area contributed by atoms with Gasteiger partial charge in [0.25, 0.3) is 5.91 Å². The highest BCUT2D eigenvalue weighted by molar-refractivity contribution is 6.05. The first-order valence-electron chi connectivity index (χ1n) is 12.9. The van der Waals surface area contributed by atoms with Gasteiger partial charge in [-0.05, 0) is 60.0 Å². The van der Waals surface area contributed by atoms with Crippen molar-refractivity contribution in [1.29, 1.82) is 0 Å². The van der Waals surface area contributed by atoms with Crippen molar-refractivity contribution in [2.75, 3.05) is 17.2 Å². The van der Waals surface area contributed by atoms with Crippen LogP contribution in [0.5, 0.6) is 0 Å². The summed E-state index contributed by atoms with van der Waals surface area (Å²) in [5, 5.41) is 5.36. The number of carbonyl (C=O) groups is 3. The smallest absolute Gasteiger partial charge is 0.330 e. The van der Waals surface area contributed by atoms with Crippen LogP contribution in [-0.4, -0.2) is 45.2 Å². The molecule has 0 saturated heterocycles. The molecular formula is C30H22F5N5O3. The Bertz CT molecular complexity index is 1710. The Morgan fingerprint density at radius 3 is 2.37 bits per heavy atom. The number of fused-ring (bicyclic) bond motifs is 1. The number of rotatable bonds is 7. The highest BCUT2D eigenvalue weighted by Crippen LogP contribution is 2.27. The lowest BCUT2D eigenvalue weighted by Crippen LogP contribution is -2.43. The van der Waals surface area contributed by atoms with Crippen molar-refractivity contribution < 1.29 is 36.3 Å². The quantitative estimate of drug-likeness (QED) is 0.212. The number of nitrogens with one attached hydrogen (secondary N) is 2. The highest BCUT2D eigenvalue weighted by Gasteiger charge is 2.43. The normalized spacial score (nSPS) is 12.8. The topological polar surface area (TPSA) is 104 Å². The number of nitrogens with zero attached hydrogens (tertiary/aromatic N) is 3. The number of alkyl halides is 3. The van der Waals surface area contributed by atoms with E-state index in [1.54, 1.807) is 18.2 Å². The molecule has 1 aliphatic heterocycles. The fourth-order valence-electron chi connectivity index (χ4n) is 4.62. The Labute approximate surface area is 241 Å². The Morgan fingerprint density at radius 2 is 1.63 bits per heavy atom. The molecule has 1 aromatic heterocycles. The van der Waals surface area contributed by atoms with Crippen molar-refractivity contribution in [3.05, 3.63) is 113 Å². The van der Waals surface area contributed by atoms with E-state index in [4.69, 9.17) is 0 Å². The van der Waals surface area contributed by atoms with E-state index in [1.165, 1.54) is 36.5 Å². The Morgan fingerprint density at radius 1 is 0.884 bits per heavy atom. The number of aromatic nitrogens is 2. The van der Waals surface area contributed by atoms with Gasteiger partial charge in [-0.2, -0.15) is 13.2 Å². The largest absolute Gasteiger partial charge is 0.471 e. The van der Waals surface area contributed by atoms with Gasteiger partial charge < -0.3 is 15.5 Å². The molecule has 0 saturated carbocycles. The minimum Gasteiger partial charge on any atom is -0.330 e. The lowest BCUT2D eigenvalue weighted by atomic mass is 9.99. The summed E-state index contributed by atoms with van der Waals surface area (Å²) in [4.78, 5) is 46.3. The first-order valence-corrected chi connectivity index (χ1v) is 12.9. The van der Waals surface area contributed by atoms with Crippen LogP contribution in [0.25, 0.3) is 0 Å². The molecule has 220 valence electrons. The molecule has 0 spiro atoms. The van der Waals surface area contributed by atoms with Gasteiger partial charge in [-0.25, -0.2) is 18.7 Å². The van der Waals surface area contributed by atoms with Crippen LogP contribution in [0.4, 0.5) is 39.3 Å². The van der Waals surface area contributed by atoms with Gasteiger partial charge in [0.2, 0.25) is 5.95 Å². The van der Waals surface area contributed by atoms with E-state index in [1.807, 2.05) is 0 Å². The van der Waals surface area contributed by atoms with Crippen LogP contribution in [0.1, 0.15) is 37.5 Å². The number of anilines is 3. The van der Waals surface area contributed by atoms with Gasteiger partial charge in [0.05, 0.1) is 12.1 Å². The molecule has 0 bridgehead atoms. The second-order valence-corrected chi connectivity index (χ2v) is 9.69. The summed E-state index contributed by atoms with van der Waals surface area (Å²) in [6, 6.07) is 15.6. The molecule has 0 aliphatic carbocycles. The molecule has 13 heteroatoms. The second kappa shape index (κ2) is 12.0. The minimum atomic E-state index is -4.95. The maximum atomic E-state index is 14.0. The summed E-state index contributed by atoms with van der Waals surface area (Å²) in [5.74, 6) is -5.16. The third kappa shape index (κ3) is 6.83. The van der Waals surface area contributed by atoms with Gasteiger partial charge in [-0.15, -0.1) is 0 Å². The van der Waals surface area contributed by atoms with Crippen LogP contribution < -0.4 is 10.6 Å². The van der Waals surface area contributed by atoms with Crippen LogP contribution in [0.2, 0.25) is 0 Å². The van der Waals surface area contributed by atoms with Gasteiger partial charge in [0.15, 0.2) is 5.78 Å². The van der Waals surface area contributed by atoms with E-state index in [2.05, 4.69) is 20.6 Å². The maximum Gasteiger partial charge on any atom is 0.471 e. The molecule has 2 heterocycles. The van der Waals surface area contributed by atoms with Gasteiger partial charge in [0.1, 0.15) is 17.2 Å². The summed E-state index contributed by atoms with van der Waals surface area (Å²) in [6.07, 6.45) is -3.37. The molecule has 3 aromatic carbocycles. The molecule has 2 N–H and O–H groups in total. The van der Waals surface area contributed by atoms with Crippen molar-refractivity contribution in [2.45, 2.75) is 25.6 Å². The molecule has 0 unspecified atom stereocenters. The number of hydrogen-bond acceptors (Lipinski definition) is 6.